The number of anilines is 3. The lowest BCUT2D eigenvalue weighted by atomic mass is 9.91. The molecule has 2 nitrogen and oxygen atoms in total. The maximum absolute atomic E-state index is 6.21. The van der Waals surface area contributed by atoms with Gasteiger partial charge in [-0.3, -0.25) is 0 Å². The van der Waals surface area contributed by atoms with Crippen LogP contribution >= 0.6 is 0 Å². The van der Waals surface area contributed by atoms with E-state index in [0.29, 0.717) is 0 Å². The molecule has 1 heterocycles. The van der Waals surface area contributed by atoms with Crippen LogP contribution in [0.3, 0.4) is 0 Å². The minimum Gasteiger partial charge on any atom is -0.456 e. The molecule has 0 amide bonds. The van der Waals surface area contributed by atoms with Gasteiger partial charge in [-0.2, -0.15) is 0 Å². The fraction of sp³-hybridized carbons (Fsp3) is 0. The summed E-state index contributed by atoms with van der Waals surface area (Å²) in [6.07, 6.45) is 0. The molecule has 0 aliphatic rings. The highest BCUT2D eigenvalue weighted by Crippen LogP contribution is 2.41. The number of nitrogens with zero attached hydrogens (tertiary/aromatic N) is 1. The summed E-state index contributed by atoms with van der Waals surface area (Å²) in [5.41, 5.74) is 14.6. The summed E-state index contributed by atoms with van der Waals surface area (Å²) in [5, 5.41) is 4.73. The van der Waals surface area contributed by atoms with Crippen molar-refractivity contribution in [2.24, 2.45) is 0 Å². The van der Waals surface area contributed by atoms with E-state index in [2.05, 4.69) is 205 Å². The zero-order chi connectivity index (χ0) is 35.8. The Kier molecular flexibility index (Phi) is 7.85. The van der Waals surface area contributed by atoms with Crippen LogP contribution in [0.4, 0.5) is 17.1 Å². The lowest BCUT2D eigenvalue weighted by Gasteiger charge is -2.26. The predicted molar refractivity (Wildman–Crippen MR) is 228 cm³/mol. The Morgan fingerprint density at radius 1 is 0.278 bits per heavy atom. The topological polar surface area (TPSA) is 16.4 Å². The number of rotatable bonds is 7. The standard InChI is InChI=1S/C52H35NO/c1-2-12-36(13-3-1)37-24-28-42(29-25-37)53(44-32-33-52-50(35-44)49-21-8-9-23-51(49)54-52)43-30-26-39(27-31-43)46-19-6-7-20-47(46)40-16-10-17-41(34-40)48-22-11-15-38-14-4-5-18-45(38)48/h1-35H. The first-order valence-corrected chi connectivity index (χ1v) is 18.4. The minimum absolute atomic E-state index is 0.885. The predicted octanol–water partition coefficient (Wildman–Crippen LogP) is 14.9. The van der Waals surface area contributed by atoms with Crippen molar-refractivity contribution in [3.63, 3.8) is 0 Å². The molecule has 10 rings (SSSR count). The summed E-state index contributed by atoms with van der Waals surface area (Å²) in [5.74, 6) is 0. The third-order valence-corrected chi connectivity index (χ3v) is 10.5. The Labute approximate surface area is 314 Å². The van der Waals surface area contributed by atoms with Gasteiger partial charge in [-0.1, -0.05) is 158 Å². The molecule has 0 aliphatic heterocycles. The second-order valence-corrected chi connectivity index (χ2v) is 13.7. The zero-order valence-corrected chi connectivity index (χ0v) is 29.6. The number of fused-ring (bicyclic) bond motifs is 4. The Morgan fingerprint density at radius 3 is 1.56 bits per heavy atom. The Morgan fingerprint density at radius 2 is 0.778 bits per heavy atom. The molecule has 0 saturated heterocycles. The van der Waals surface area contributed by atoms with E-state index in [1.165, 1.54) is 55.3 Å². The molecule has 0 fully saturated rings. The SMILES string of the molecule is c1ccc(-c2ccc(N(c3ccc(-c4ccccc4-c4cccc(-c5cccc6ccccc56)c4)cc3)c3ccc4oc5ccccc5c4c3)cc2)cc1. The highest BCUT2D eigenvalue weighted by Gasteiger charge is 2.17. The normalized spacial score (nSPS) is 11.3. The second-order valence-electron chi connectivity index (χ2n) is 13.7. The lowest BCUT2D eigenvalue weighted by molar-refractivity contribution is 0.669. The van der Waals surface area contributed by atoms with Crippen molar-refractivity contribution >= 4 is 49.8 Å². The quantitative estimate of drug-likeness (QED) is 0.166. The summed E-state index contributed by atoms with van der Waals surface area (Å²) in [6, 6.07) is 75.9. The molecule has 0 N–H and O–H groups in total. The van der Waals surface area contributed by atoms with Crippen LogP contribution in [0.15, 0.2) is 217 Å². The molecule has 10 aromatic rings. The van der Waals surface area contributed by atoms with E-state index in [9.17, 15) is 0 Å². The smallest absolute Gasteiger partial charge is 0.135 e. The van der Waals surface area contributed by atoms with Gasteiger partial charge in [0.1, 0.15) is 11.2 Å². The first-order valence-electron chi connectivity index (χ1n) is 18.4. The van der Waals surface area contributed by atoms with Gasteiger partial charge < -0.3 is 9.32 Å². The number of hydrogen-bond donors (Lipinski definition) is 0. The molecule has 54 heavy (non-hydrogen) atoms. The first-order chi connectivity index (χ1) is 26.8. The molecular formula is C52H35NO. The summed E-state index contributed by atoms with van der Waals surface area (Å²) in [4.78, 5) is 2.33. The van der Waals surface area contributed by atoms with Crippen molar-refractivity contribution in [3.05, 3.63) is 212 Å². The fourth-order valence-corrected chi connectivity index (χ4v) is 7.84. The summed E-state index contributed by atoms with van der Waals surface area (Å²) in [7, 11) is 0. The number of para-hydroxylation sites is 1. The van der Waals surface area contributed by atoms with Gasteiger partial charge in [-0.15, -0.1) is 0 Å². The first kappa shape index (κ1) is 31.6. The van der Waals surface area contributed by atoms with Gasteiger partial charge in [0.2, 0.25) is 0 Å². The molecular weight excluding hydrogens is 655 g/mol. The Balaban J connectivity index is 1.05. The average molecular weight is 690 g/mol. The minimum atomic E-state index is 0.885. The van der Waals surface area contributed by atoms with E-state index < -0.39 is 0 Å². The highest BCUT2D eigenvalue weighted by molar-refractivity contribution is 6.06. The van der Waals surface area contributed by atoms with E-state index in [1.807, 2.05) is 12.1 Å². The molecule has 0 spiro atoms. The van der Waals surface area contributed by atoms with Crippen molar-refractivity contribution in [1.82, 2.24) is 0 Å². The molecule has 0 atom stereocenters. The summed E-state index contributed by atoms with van der Waals surface area (Å²) in [6.45, 7) is 0. The second kappa shape index (κ2) is 13.4. The van der Waals surface area contributed by atoms with Crippen molar-refractivity contribution in [1.29, 1.82) is 0 Å². The Bertz CT molecular complexity index is 2920. The van der Waals surface area contributed by atoms with Gasteiger partial charge >= 0.3 is 0 Å². The molecule has 0 radical (unpaired) electrons. The van der Waals surface area contributed by atoms with Crippen LogP contribution in [-0.4, -0.2) is 0 Å². The Hall–Kier alpha value is -7.16. The van der Waals surface area contributed by atoms with Crippen molar-refractivity contribution in [3.8, 4) is 44.5 Å². The van der Waals surface area contributed by atoms with Gasteiger partial charge in [0.05, 0.1) is 0 Å². The van der Waals surface area contributed by atoms with E-state index in [0.717, 1.165) is 39.0 Å². The van der Waals surface area contributed by atoms with Crippen molar-refractivity contribution < 1.29 is 4.42 Å². The molecule has 0 saturated carbocycles. The van der Waals surface area contributed by atoms with Crippen LogP contribution in [0, 0.1) is 0 Å². The van der Waals surface area contributed by atoms with Crippen LogP contribution < -0.4 is 4.90 Å². The van der Waals surface area contributed by atoms with E-state index >= 15 is 0 Å². The molecule has 0 unspecified atom stereocenters. The van der Waals surface area contributed by atoms with Crippen LogP contribution in [0.25, 0.3) is 77.2 Å². The molecule has 254 valence electrons. The third kappa shape index (κ3) is 5.71. The molecule has 1 aromatic heterocycles. The lowest BCUT2D eigenvalue weighted by Crippen LogP contribution is -2.09. The number of benzene rings is 9. The van der Waals surface area contributed by atoms with Crippen LogP contribution in [0.1, 0.15) is 0 Å². The van der Waals surface area contributed by atoms with Crippen LogP contribution in [-0.2, 0) is 0 Å². The third-order valence-electron chi connectivity index (χ3n) is 10.5. The van der Waals surface area contributed by atoms with E-state index in [1.54, 1.807) is 0 Å². The summed E-state index contributed by atoms with van der Waals surface area (Å²) >= 11 is 0. The number of hydrogen-bond acceptors (Lipinski definition) is 2. The van der Waals surface area contributed by atoms with E-state index in [4.69, 9.17) is 4.42 Å². The van der Waals surface area contributed by atoms with Crippen molar-refractivity contribution in [2.75, 3.05) is 4.90 Å². The average Bonchev–Trinajstić information content (AvgIpc) is 3.63. The molecule has 2 heteroatoms. The van der Waals surface area contributed by atoms with Gasteiger partial charge in [0.15, 0.2) is 0 Å². The fourth-order valence-electron chi connectivity index (χ4n) is 7.84. The molecule has 0 aliphatic carbocycles. The van der Waals surface area contributed by atoms with Gasteiger partial charge in [0, 0.05) is 27.8 Å². The van der Waals surface area contributed by atoms with Gasteiger partial charge in [0.25, 0.3) is 0 Å². The van der Waals surface area contributed by atoms with Crippen LogP contribution in [0.5, 0.6) is 0 Å². The largest absolute Gasteiger partial charge is 0.456 e. The molecule has 9 aromatic carbocycles. The van der Waals surface area contributed by atoms with Gasteiger partial charge in [-0.05, 0) is 110 Å². The summed E-state index contributed by atoms with van der Waals surface area (Å²) < 4.78 is 6.21. The maximum Gasteiger partial charge on any atom is 0.135 e. The van der Waals surface area contributed by atoms with Crippen molar-refractivity contribution in [2.45, 2.75) is 0 Å². The molecule has 0 bridgehead atoms. The van der Waals surface area contributed by atoms with Gasteiger partial charge in [-0.25, -0.2) is 0 Å². The monoisotopic (exact) mass is 689 g/mol. The van der Waals surface area contributed by atoms with Crippen LogP contribution in [0.2, 0.25) is 0 Å². The zero-order valence-electron chi connectivity index (χ0n) is 29.6. The van der Waals surface area contributed by atoms with E-state index in [-0.39, 0.29) is 0 Å². The number of furan rings is 1. The maximum atomic E-state index is 6.21. The highest BCUT2D eigenvalue weighted by atomic mass is 16.3.